The molecule has 68 valence electrons. The maximum atomic E-state index is 10.9. The van der Waals surface area contributed by atoms with E-state index in [-0.39, 0.29) is 4.90 Å². The fourth-order valence-corrected chi connectivity index (χ4v) is 1.92. The summed E-state index contributed by atoms with van der Waals surface area (Å²) < 4.78 is 32.2. The van der Waals surface area contributed by atoms with Gasteiger partial charge in [-0.2, -0.15) is 8.42 Å². The predicted molar refractivity (Wildman–Crippen MR) is 47.2 cm³/mol. The first-order chi connectivity index (χ1) is 6.09. The molecular weight excluding hydrogens is 190 g/mol. The zero-order chi connectivity index (χ0) is 9.47. The second-order valence-electron chi connectivity index (χ2n) is 2.65. The Balaban J connectivity index is 2.87. The van der Waals surface area contributed by atoms with Crippen molar-refractivity contribution in [1.29, 1.82) is 0 Å². The first-order valence-corrected chi connectivity index (χ1v) is 5.06. The predicted octanol–water partition coefficient (Wildman–Crippen LogP) is 1.19. The molecule has 0 amide bonds. The van der Waals surface area contributed by atoms with Crippen molar-refractivity contribution in [3.05, 3.63) is 36.7 Å². The standard InChI is InChI=1S/C8H7NO3S/c10-13(11,12)8-4-6-9-5-2-1-3-7(8)9/h1-6H,(H,10,11,12). The van der Waals surface area contributed by atoms with E-state index in [9.17, 15) is 8.42 Å². The Kier molecular flexibility index (Phi) is 1.64. The molecule has 1 N–H and O–H groups in total. The largest absolute Gasteiger partial charge is 0.322 e. The van der Waals surface area contributed by atoms with Gasteiger partial charge in [0.1, 0.15) is 4.90 Å². The van der Waals surface area contributed by atoms with Gasteiger partial charge in [0.2, 0.25) is 0 Å². The van der Waals surface area contributed by atoms with E-state index in [4.69, 9.17) is 4.55 Å². The van der Waals surface area contributed by atoms with E-state index in [0.717, 1.165) is 0 Å². The van der Waals surface area contributed by atoms with Gasteiger partial charge in [-0.05, 0) is 18.2 Å². The summed E-state index contributed by atoms with van der Waals surface area (Å²) in [6.07, 6.45) is 3.29. The molecule has 0 aliphatic rings. The van der Waals surface area contributed by atoms with Crippen molar-refractivity contribution in [2.75, 3.05) is 0 Å². The maximum absolute atomic E-state index is 10.9. The van der Waals surface area contributed by atoms with Gasteiger partial charge < -0.3 is 4.40 Å². The number of nitrogens with zero attached hydrogens (tertiary/aromatic N) is 1. The molecule has 0 fully saturated rings. The van der Waals surface area contributed by atoms with Crippen molar-refractivity contribution in [3.63, 3.8) is 0 Å². The van der Waals surface area contributed by atoms with Gasteiger partial charge in [-0.15, -0.1) is 0 Å². The van der Waals surface area contributed by atoms with Gasteiger partial charge in [0.15, 0.2) is 0 Å². The molecule has 0 saturated heterocycles. The number of pyridine rings is 1. The highest BCUT2D eigenvalue weighted by Crippen LogP contribution is 2.17. The molecule has 0 aliphatic carbocycles. The summed E-state index contributed by atoms with van der Waals surface area (Å²) in [4.78, 5) is -0.0619. The van der Waals surface area contributed by atoms with E-state index in [2.05, 4.69) is 0 Å². The molecular formula is C8H7NO3S. The van der Waals surface area contributed by atoms with Crippen molar-refractivity contribution in [1.82, 2.24) is 4.40 Å². The Morgan fingerprint density at radius 1 is 1.15 bits per heavy atom. The smallest absolute Gasteiger partial charge is 0.296 e. The van der Waals surface area contributed by atoms with E-state index in [1.165, 1.54) is 6.07 Å². The van der Waals surface area contributed by atoms with Crippen LogP contribution in [0.15, 0.2) is 41.6 Å². The molecule has 2 aromatic rings. The van der Waals surface area contributed by atoms with Crippen LogP contribution in [0.4, 0.5) is 0 Å². The first-order valence-electron chi connectivity index (χ1n) is 3.62. The highest BCUT2D eigenvalue weighted by molar-refractivity contribution is 7.86. The second kappa shape index (κ2) is 2.58. The number of hydrogen-bond donors (Lipinski definition) is 1. The molecule has 0 saturated carbocycles. The molecule has 5 heteroatoms. The van der Waals surface area contributed by atoms with Crippen molar-refractivity contribution in [2.45, 2.75) is 4.90 Å². The molecule has 0 spiro atoms. The summed E-state index contributed by atoms with van der Waals surface area (Å²) in [6, 6.07) is 6.48. The minimum Gasteiger partial charge on any atom is -0.322 e. The average molecular weight is 197 g/mol. The third kappa shape index (κ3) is 1.32. The van der Waals surface area contributed by atoms with E-state index in [1.807, 2.05) is 0 Å². The summed E-state index contributed by atoms with van der Waals surface area (Å²) in [6.45, 7) is 0. The Morgan fingerprint density at radius 2 is 1.92 bits per heavy atom. The molecule has 0 atom stereocenters. The van der Waals surface area contributed by atoms with Gasteiger partial charge in [-0.3, -0.25) is 4.55 Å². The third-order valence-corrected chi connectivity index (χ3v) is 2.71. The lowest BCUT2D eigenvalue weighted by Crippen LogP contribution is -1.96. The minimum absolute atomic E-state index is 0.0619. The van der Waals surface area contributed by atoms with Gasteiger partial charge in [0.05, 0.1) is 5.52 Å². The highest BCUT2D eigenvalue weighted by Gasteiger charge is 2.13. The zero-order valence-electron chi connectivity index (χ0n) is 6.58. The average Bonchev–Trinajstić information content (AvgIpc) is 2.45. The zero-order valence-corrected chi connectivity index (χ0v) is 7.40. The van der Waals surface area contributed by atoms with E-state index >= 15 is 0 Å². The third-order valence-electron chi connectivity index (χ3n) is 1.81. The minimum atomic E-state index is -4.11. The Hall–Kier alpha value is -1.33. The van der Waals surface area contributed by atoms with Crippen LogP contribution in [-0.4, -0.2) is 17.4 Å². The molecule has 0 unspecified atom stereocenters. The van der Waals surface area contributed by atoms with Gasteiger partial charge in [-0.25, -0.2) is 0 Å². The Bertz CT molecular complexity index is 541. The van der Waals surface area contributed by atoms with Crippen molar-refractivity contribution < 1.29 is 13.0 Å². The summed E-state index contributed by atoms with van der Waals surface area (Å²) in [5.74, 6) is 0. The van der Waals surface area contributed by atoms with Crippen molar-refractivity contribution >= 4 is 15.6 Å². The van der Waals surface area contributed by atoms with Crippen LogP contribution in [0.3, 0.4) is 0 Å². The SMILES string of the molecule is O=S(=O)(O)c1ccn2ccccc12. The normalized spacial score (nSPS) is 12.1. The quantitative estimate of drug-likeness (QED) is 0.698. The van der Waals surface area contributed by atoms with Crippen LogP contribution in [0.1, 0.15) is 0 Å². The van der Waals surface area contributed by atoms with Crippen molar-refractivity contribution in [2.24, 2.45) is 0 Å². The fraction of sp³-hybridized carbons (Fsp3) is 0. The Morgan fingerprint density at radius 3 is 2.62 bits per heavy atom. The summed E-state index contributed by atoms with van der Waals surface area (Å²) in [5, 5.41) is 0. The van der Waals surface area contributed by atoms with Crippen LogP contribution in [0.5, 0.6) is 0 Å². The lowest BCUT2D eigenvalue weighted by Gasteiger charge is -1.95. The van der Waals surface area contributed by atoms with E-state index in [0.29, 0.717) is 5.52 Å². The number of hydrogen-bond acceptors (Lipinski definition) is 2. The maximum Gasteiger partial charge on any atom is 0.296 e. The van der Waals surface area contributed by atoms with E-state index in [1.54, 1.807) is 35.0 Å². The van der Waals surface area contributed by atoms with Crippen LogP contribution in [-0.2, 0) is 10.1 Å². The summed E-state index contributed by atoms with van der Waals surface area (Å²) >= 11 is 0. The lowest BCUT2D eigenvalue weighted by molar-refractivity contribution is 0.484. The molecule has 4 nitrogen and oxygen atoms in total. The molecule has 0 radical (unpaired) electrons. The highest BCUT2D eigenvalue weighted by atomic mass is 32.2. The molecule has 2 heterocycles. The second-order valence-corrected chi connectivity index (χ2v) is 4.04. The molecule has 0 bridgehead atoms. The molecule has 2 rings (SSSR count). The van der Waals surface area contributed by atoms with Crippen LogP contribution in [0.2, 0.25) is 0 Å². The van der Waals surface area contributed by atoms with Crippen LogP contribution in [0, 0.1) is 0 Å². The lowest BCUT2D eigenvalue weighted by atomic mass is 10.4. The number of fused-ring (bicyclic) bond motifs is 1. The van der Waals surface area contributed by atoms with Gasteiger partial charge >= 0.3 is 0 Å². The fourth-order valence-electron chi connectivity index (χ4n) is 1.25. The summed E-state index contributed by atoms with van der Waals surface area (Å²) in [7, 11) is -4.11. The monoisotopic (exact) mass is 197 g/mol. The summed E-state index contributed by atoms with van der Waals surface area (Å²) in [5.41, 5.74) is 0.477. The van der Waals surface area contributed by atoms with Gasteiger partial charge in [-0.1, -0.05) is 6.07 Å². The molecule has 0 aromatic carbocycles. The first kappa shape index (κ1) is 8.28. The molecule has 0 aliphatic heterocycles. The van der Waals surface area contributed by atoms with Gasteiger partial charge in [0.25, 0.3) is 10.1 Å². The van der Waals surface area contributed by atoms with E-state index < -0.39 is 10.1 Å². The van der Waals surface area contributed by atoms with Crippen LogP contribution in [0.25, 0.3) is 5.52 Å². The number of aromatic nitrogens is 1. The van der Waals surface area contributed by atoms with Crippen LogP contribution < -0.4 is 0 Å². The molecule has 13 heavy (non-hydrogen) atoms. The topological polar surface area (TPSA) is 58.8 Å². The van der Waals surface area contributed by atoms with Crippen molar-refractivity contribution in [3.8, 4) is 0 Å². The Labute approximate surface area is 75.2 Å². The molecule has 2 aromatic heterocycles. The number of rotatable bonds is 1. The van der Waals surface area contributed by atoms with Crippen LogP contribution >= 0.6 is 0 Å². The van der Waals surface area contributed by atoms with Gasteiger partial charge in [0, 0.05) is 12.4 Å².